The number of aliphatic hydroxyl groups excluding tert-OH is 1. The van der Waals surface area contributed by atoms with Gasteiger partial charge in [-0.1, -0.05) is 105 Å². The van der Waals surface area contributed by atoms with E-state index in [0.717, 1.165) is 42.0 Å². The van der Waals surface area contributed by atoms with E-state index in [9.17, 15) is 9.90 Å². The van der Waals surface area contributed by atoms with Crippen molar-refractivity contribution in [3.8, 4) is 0 Å². The number of rotatable bonds is 17. The normalized spacial score (nSPS) is 14.4. The summed E-state index contributed by atoms with van der Waals surface area (Å²) in [4.78, 5) is 14.0. The molecule has 3 atom stereocenters. The Labute approximate surface area is 199 Å². The Kier molecular flexibility index (Phi) is 14.6. The Morgan fingerprint density at radius 2 is 1.31 bits per heavy atom. The van der Waals surface area contributed by atoms with Gasteiger partial charge in [0.2, 0.25) is 5.91 Å². The predicted octanol–water partition coefficient (Wildman–Crippen LogP) is 8.00. The summed E-state index contributed by atoms with van der Waals surface area (Å²) in [7, 11) is 0. The molecule has 32 heavy (non-hydrogen) atoms. The number of hydrogen-bond acceptors (Lipinski definition) is 2. The third-order valence-corrected chi connectivity index (χ3v) is 6.90. The number of carbonyl (C=O) groups excluding carboxylic acids is 1. The molecule has 1 unspecified atom stereocenters. The van der Waals surface area contributed by atoms with Crippen LogP contribution in [0.5, 0.6) is 0 Å². The largest absolute Gasteiger partial charge is 0.392 e. The van der Waals surface area contributed by atoms with Gasteiger partial charge in [-0.2, -0.15) is 0 Å². The zero-order chi connectivity index (χ0) is 23.9. The van der Waals surface area contributed by atoms with E-state index < -0.39 is 0 Å². The quantitative estimate of drug-likeness (QED) is 0.264. The molecule has 3 nitrogen and oxygen atoms in total. The Hall–Kier alpha value is -1.35. The molecule has 0 saturated heterocycles. The van der Waals surface area contributed by atoms with Gasteiger partial charge in [-0.05, 0) is 47.8 Å². The number of carbonyl (C=O) groups is 1. The van der Waals surface area contributed by atoms with Crippen LogP contribution in [-0.4, -0.2) is 17.6 Å². The summed E-state index contributed by atoms with van der Waals surface area (Å²) in [6, 6.07) is 7.67. The first-order valence-electron chi connectivity index (χ1n) is 13.2. The van der Waals surface area contributed by atoms with Crippen molar-refractivity contribution in [2.45, 2.75) is 112 Å². The minimum atomic E-state index is 0.00518. The first kappa shape index (κ1) is 28.7. The van der Waals surface area contributed by atoms with E-state index in [4.69, 9.17) is 0 Å². The minimum Gasteiger partial charge on any atom is -0.392 e. The fraction of sp³-hybridized carbons (Fsp3) is 0.759. The minimum absolute atomic E-state index is 0.00518. The van der Waals surface area contributed by atoms with E-state index in [1.165, 1.54) is 57.8 Å². The van der Waals surface area contributed by atoms with Crippen molar-refractivity contribution in [3.05, 3.63) is 29.8 Å². The van der Waals surface area contributed by atoms with E-state index in [-0.39, 0.29) is 12.5 Å². The molecule has 1 amide bonds. The molecular formula is C29H51NO2. The average Bonchev–Trinajstić information content (AvgIpc) is 2.73. The zero-order valence-electron chi connectivity index (χ0n) is 21.9. The number of amides is 1. The van der Waals surface area contributed by atoms with Crippen LogP contribution in [0.4, 0.5) is 5.69 Å². The highest BCUT2D eigenvalue weighted by atomic mass is 16.3. The van der Waals surface area contributed by atoms with Crippen molar-refractivity contribution in [3.63, 3.8) is 0 Å². The molecule has 0 aliphatic heterocycles. The van der Waals surface area contributed by atoms with E-state index >= 15 is 0 Å². The van der Waals surface area contributed by atoms with Crippen LogP contribution < -0.4 is 4.90 Å². The molecule has 0 heterocycles. The predicted molar refractivity (Wildman–Crippen MR) is 139 cm³/mol. The molecule has 0 fully saturated rings. The van der Waals surface area contributed by atoms with Crippen molar-refractivity contribution >= 4 is 11.6 Å². The van der Waals surface area contributed by atoms with Crippen LogP contribution >= 0.6 is 0 Å². The van der Waals surface area contributed by atoms with Crippen molar-refractivity contribution in [1.29, 1.82) is 0 Å². The highest BCUT2D eigenvalue weighted by Crippen LogP contribution is 2.24. The van der Waals surface area contributed by atoms with Crippen molar-refractivity contribution in [2.75, 3.05) is 11.4 Å². The van der Waals surface area contributed by atoms with Crippen LogP contribution in [-0.2, 0) is 11.4 Å². The van der Waals surface area contributed by atoms with E-state index in [1.54, 1.807) is 6.92 Å². The van der Waals surface area contributed by atoms with Crippen LogP contribution in [0.3, 0.4) is 0 Å². The fourth-order valence-electron chi connectivity index (χ4n) is 4.58. The maximum atomic E-state index is 12.2. The average molecular weight is 446 g/mol. The van der Waals surface area contributed by atoms with Gasteiger partial charge in [0.05, 0.1) is 6.61 Å². The summed E-state index contributed by atoms with van der Waals surface area (Å²) in [6.07, 6.45) is 13.1. The lowest BCUT2D eigenvalue weighted by molar-refractivity contribution is -0.116. The zero-order valence-corrected chi connectivity index (χ0v) is 21.9. The van der Waals surface area contributed by atoms with Crippen molar-refractivity contribution in [2.24, 2.45) is 23.7 Å². The van der Waals surface area contributed by atoms with Crippen LogP contribution in [0.15, 0.2) is 24.3 Å². The topological polar surface area (TPSA) is 40.5 Å². The highest BCUT2D eigenvalue weighted by molar-refractivity contribution is 5.91. The second-order valence-electron chi connectivity index (χ2n) is 10.8. The van der Waals surface area contributed by atoms with Gasteiger partial charge in [-0.3, -0.25) is 4.79 Å². The fourth-order valence-corrected chi connectivity index (χ4v) is 4.58. The number of aliphatic hydroxyl groups is 1. The van der Waals surface area contributed by atoms with Crippen molar-refractivity contribution in [1.82, 2.24) is 0 Å². The maximum absolute atomic E-state index is 12.2. The van der Waals surface area contributed by atoms with Gasteiger partial charge in [-0.15, -0.1) is 0 Å². The number of hydrogen-bond donors (Lipinski definition) is 1. The molecule has 1 rings (SSSR count). The molecule has 3 heteroatoms. The summed E-state index contributed by atoms with van der Waals surface area (Å²) in [5, 5.41) is 9.37. The monoisotopic (exact) mass is 445 g/mol. The molecule has 0 spiro atoms. The third-order valence-electron chi connectivity index (χ3n) is 6.90. The van der Waals surface area contributed by atoms with Gasteiger partial charge < -0.3 is 10.0 Å². The van der Waals surface area contributed by atoms with Gasteiger partial charge in [-0.25, -0.2) is 0 Å². The number of anilines is 1. The Morgan fingerprint density at radius 1 is 0.812 bits per heavy atom. The first-order valence-corrected chi connectivity index (χ1v) is 13.2. The lowest BCUT2D eigenvalue weighted by Crippen LogP contribution is -2.30. The first-order chi connectivity index (χ1) is 15.2. The van der Waals surface area contributed by atoms with Crippen LogP contribution in [0.1, 0.15) is 111 Å². The molecule has 0 bridgehead atoms. The standard InChI is InChI=1S/C29H51NO2/c1-23(2)11-7-12-24(3)13-8-14-25(4)15-9-16-26(5)19-20-30(27(6)32)29-18-10-17-28(21-29)22-31/h10,17-18,21,23-26,31H,7-9,11-16,19-20,22H2,1-6H3/t24-,25-,26?/m1/s1. The number of benzene rings is 1. The number of nitrogens with zero attached hydrogens (tertiary/aromatic N) is 1. The molecule has 0 aromatic heterocycles. The summed E-state index contributed by atoms with van der Waals surface area (Å²) in [5.74, 6) is 3.22. The lowest BCUT2D eigenvalue weighted by atomic mass is 9.90. The SMILES string of the molecule is CC(=O)N(CCC(C)CCC[C@H](C)CCC[C@H](C)CCCC(C)C)c1cccc(CO)c1. The summed E-state index contributed by atoms with van der Waals surface area (Å²) < 4.78 is 0. The van der Waals surface area contributed by atoms with Gasteiger partial charge in [0, 0.05) is 19.2 Å². The molecule has 0 radical (unpaired) electrons. The van der Waals surface area contributed by atoms with Gasteiger partial charge >= 0.3 is 0 Å². The van der Waals surface area contributed by atoms with Crippen LogP contribution in [0, 0.1) is 23.7 Å². The molecule has 1 aromatic rings. The maximum Gasteiger partial charge on any atom is 0.223 e. The molecule has 0 aliphatic rings. The Balaban J connectivity index is 2.23. The Bertz CT molecular complexity index is 627. The summed E-state index contributed by atoms with van der Waals surface area (Å²) in [5.41, 5.74) is 1.74. The molecule has 0 saturated carbocycles. The Morgan fingerprint density at radius 3 is 1.78 bits per heavy atom. The highest BCUT2D eigenvalue weighted by Gasteiger charge is 2.14. The second kappa shape index (κ2) is 16.3. The van der Waals surface area contributed by atoms with Gasteiger partial charge in [0.25, 0.3) is 0 Å². The molecule has 1 N–H and O–H groups in total. The van der Waals surface area contributed by atoms with Crippen LogP contribution in [0.25, 0.3) is 0 Å². The third kappa shape index (κ3) is 12.6. The lowest BCUT2D eigenvalue weighted by Gasteiger charge is -2.24. The van der Waals surface area contributed by atoms with Gasteiger partial charge in [0.1, 0.15) is 0 Å². The molecule has 0 aliphatic carbocycles. The summed E-state index contributed by atoms with van der Waals surface area (Å²) in [6.45, 7) is 14.2. The molecular weight excluding hydrogens is 394 g/mol. The summed E-state index contributed by atoms with van der Waals surface area (Å²) >= 11 is 0. The molecule has 184 valence electrons. The van der Waals surface area contributed by atoms with E-state index in [2.05, 4.69) is 34.6 Å². The second-order valence-corrected chi connectivity index (χ2v) is 10.8. The van der Waals surface area contributed by atoms with Crippen molar-refractivity contribution < 1.29 is 9.90 Å². The molecule has 1 aromatic carbocycles. The smallest absolute Gasteiger partial charge is 0.223 e. The van der Waals surface area contributed by atoms with Gasteiger partial charge in [0.15, 0.2) is 0 Å². The van der Waals surface area contributed by atoms with E-state index in [0.29, 0.717) is 5.92 Å². The van der Waals surface area contributed by atoms with E-state index in [1.807, 2.05) is 29.2 Å². The van der Waals surface area contributed by atoms with Crippen LogP contribution in [0.2, 0.25) is 0 Å².